The Morgan fingerprint density at radius 3 is 2.79 bits per heavy atom. The molecule has 2 rings (SSSR count). The van der Waals surface area contributed by atoms with E-state index in [1.807, 2.05) is 0 Å². The van der Waals surface area contributed by atoms with Crippen LogP contribution in [0, 0.1) is 12.7 Å². The van der Waals surface area contributed by atoms with Crippen molar-refractivity contribution in [1.82, 2.24) is 0 Å². The summed E-state index contributed by atoms with van der Waals surface area (Å²) < 4.78 is 48.5. The van der Waals surface area contributed by atoms with E-state index >= 15 is 0 Å². The second-order valence-electron chi connectivity index (χ2n) is 3.20. The van der Waals surface area contributed by atoms with E-state index in [4.69, 9.17) is 5.48 Å². The molecule has 1 aliphatic heterocycles. The number of hydrogen-bond acceptors (Lipinski definition) is 2. The summed E-state index contributed by atoms with van der Waals surface area (Å²) in [5.41, 5.74) is 0.951. The monoisotopic (exact) mass is 199 g/mol. The van der Waals surface area contributed by atoms with Crippen molar-refractivity contribution in [3.8, 4) is 0 Å². The molecule has 3 heteroatoms. The Morgan fingerprint density at radius 1 is 1.43 bits per heavy atom. The van der Waals surface area contributed by atoms with Crippen molar-refractivity contribution in [2.24, 2.45) is 0 Å². The van der Waals surface area contributed by atoms with Crippen LogP contribution in [0.5, 0.6) is 0 Å². The molecule has 0 spiro atoms. The predicted molar refractivity (Wildman–Crippen MR) is 54.2 cm³/mol. The highest BCUT2D eigenvalue weighted by atomic mass is 19.1. The summed E-state index contributed by atoms with van der Waals surface area (Å²) in [5, 5.41) is 0. The normalized spacial score (nSPS) is 28.6. The fourth-order valence-corrected chi connectivity index (χ4v) is 1.37. The summed E-state index contributed by atoms with van der Waals surface area (Å²) >= 11 is 0. The average molecular weight is 199 g/mol. The smallest absolute Gasteiger partial charge is 0.146 e. The molecule has 0 aromatic heterocycles. The third-order valence-electron chi connectivity index (χ3n) is 2.10. The minimum atomic E-state index is -2.14. The zero-order valence-electron chi connectivity index (χ0n) is 11.9. The molecule has 1 aromatic rings. The van der Waals surface area contributed by atoms with Crippen molar-refractivity contribution in [3.63, 3.8) is 0 Å². The fourth-order valence-electron chi connectivity index (χ4n) is 1.37. The fraction of sp³-hybridized carbons (Fsp3) is 0.455. The van der Waals surface area contributed by atoms with Crippen LogP contribution >= 0.6 is 0 Å². The third kappa shape index (κ3) is 1.87. The first kappa shape index (κ1) is 5.71. The van der Waals surface area contributed by atoms with Gasteiger partial charge in [-0.1, -0.05) is 6.07 Å². The molecule has 0 saturated carbocycles. The van der Waals surface area contributed by atoms with Gasteiger partial charge in [-0.25, -0.2) is 4.39 Å². The van der Waals surface area contributed by atoms with Gasteiger partial charge >= 0.3 is 0 Å². The maximum Gasteiger partial charge on any atom is 0.146 e. The van der Waals surface area contributed by atoms with Gasteiger partial charge in [0, 0.05) is 13.1 Å². The average Bonchev–Trinajstić information content (AvgIpc) is 2.11. The van der Waals surface area contributed by atoms with Crippen LogP contribution in [-0.4, -0.2) is 26.2 Å². The van der Waals surface area contributed by atoms with E-state index < -0.39 is 18.9 Å². The molecule has 0 N–H and O–H groups in total. The van der Waals surface area contributed by atoms with E-state index in [2.05, 4.69) is 4.74 Å². The SMILES string of the molecule is [2H]C1([2H])CN(c2ccc(C)cc2F)CC([2H])([2H])O1. The number of ether oxygens (including phenoxy) is 1. The molecular formula is C11H14FNO. The Labute approximate surface area is 88.9 Å². The van der Waals surface area contributed by atoms with Crippen LogP contribution in [0.4, 0.5) is 10.1 Å². The lowest BCUT2D eigenvalue weighted by Crippen LogP contribution is -2.36. The molecule has 0 unspecified atom stereocenters. The molecule has 0 bridgehead atoms. The van der Waals surface area contributed by atoms with Crippen molar-refractivity contribution in [3.05, 3.63) is 29.6 Å². The Balaban J connectivity index is 2.32. The molecule has 1 fully saturated rings. The molecular weight excluding hydrogens is 181 g/mol. The van der Waals surface area contributed by atoms with E-state index in [0.717, 1.165) is 5.56 Å². The van der Waals surface area contributed by atoms with Crippen molar-refractivity contribution in [1.29, 1.82) is 0 Å². The van der Waals surface area contributed by atoms with Crippen LogP contribution in [0.3, 0.4) is 0 Å². The number of aryl methyl sites for hydroxylation is 1. The lowest BCUT2D eigenvalue weighted by Gasteiger charge is -2.29. The predicted octanol–water partition coefficient (Wildman–Crippen LogP) is 1.97. The van der Waals surface area contributed by atoms with Gasteiger partial charge in [-0.3, -0.25) is 0 Å². The summed E-state index contributed by atoms with van der Waals surface area (Å²) in [5.74, 6) is -0.483. The van der Waals surface area contributed by atoms with E-state index in [0.29, 0.717) is 0 Å². The zero-order valence-corrected chi connectivity index (χ0v) is 7.88. The molecule has 1 aliphatic rings. The number of rotatable bonds is 1. The number of morpholine rings is 1. The van der Waals surface area contributed by atoms with Crippen LogP contribution in [0.25, 0.3) is 0 Å². The Bertz CT molecular complexity index is 450. The Kier molecular flexibility index (Phi) is 1.62. The molecule has 0 atom stereocenters. The highest BCUT2D eigenvalue weighted by Crippen LogP contribution is 2.20. The Morgan fingerprint density at radius 2 is 2.14 bits per heavy atom. The number of anilines is 1. The number of nitrogens with zero attached hydrogens (tertiary/aromatic N) is 1. The van der Waals surface area contributed by atoms with E-state index in [1.165, 1.54) is 17.0 Å². The molecule has 14 heavy (non-hydrogen) atoms. The molecule has 1 aromatic carbocycles. The van der Waals surface area contributed by atoms with Crippen molar-refractivity contribution < 1.29 is 14.6 Å². The second-order valence-corrected chi connectivity index (χ2v) is 3.20. The maximum absolute atomic E-state index is 13.8. The van der Waals surface area contributed by atoms with Gasteiger partial charge in [0.25, 0.3) is 0 Å². The topological polar surface area (TPSA) is 12.5 Å². The second kappa shape index (κ2) is 3.96. The summed E-state index contributed by atoms with van der Waals surface area (Å²) in [6, 6.07) is 4.58. The van der Waals surface area contributed by atoms with E-state index in [9.17, 15) is 4.39 Å². The number of hydrogen-bond donors (Lipinski definition) is 0. The van der Waals surface area contributed by atoms with Gasteiger partial charge in [0.05, 0.1) is 24.3 Å². The largest absolute Gasteiger partial charge is 0.378 e. The Hall–Kier alpha value is -1.09. The molecule has 0 radical (unpaired) electrons. The van der Waals surface area contributed by atoms with Crippen LogP contribution in [0.2, 0.25) is 0 Å². The summed E-state index contributed by atoms with van der Waals surface area (Å²) in [7, 11) is 0. The minimum absolute atomic E-state index is 0.191. The van der Waals surface area contributed by atoms with Crippen molar-refractivity contribution in [2.75, 3.05) is 31.1 Å². The highest BCUT2D eigenvalue weighted by molar-refractivity contribution is 5.49. The van der Waals surface area contributed by atoms with E-state index in [1.54, 1.807) is 13.0 Å². The molecule has 2 nitrogen and oxygen atoms in total. The molecule has 76 valence electrons. The van der Waals surface area contributed by atoms with Gasteiger partial charge in [0.1, 0.15) is 5.82 Å². The minimum Gasteiger partial charge on any atom is -0.378 e. The van der Waals surface area contributed by atoms with Gasteiger partial charge in [-0.2, -0.15) is 0 Å². The zero-order chi connectivity index (χ0) is 13.6. The maximum atomic E-state index is 13.8. The molecule has 0 amide bonds. The molecule has 1 heterocycles. The first-order chi connectivity index (χ1) is 8.19. The van der Waals surface area contributed by atoms with Gasteiger partial charge in [-0.15, -0.1) is 0 Å². The van der Waals surface area contributed by atoms with E-state index in [-0.39, 0.29) is 18.8 Å². The number of benzene rings is 1. The van der Waals surface area contributed by atoms with Gasteiger partial charge in [0.15, 0.2) is 0 Å². The third-order valence-corrected chi connectivity index (χ3v) is 2.10. The van der Waals surface area contributed by atoms with Crippen molar-refractivity contribution >= 4 is 5.69 Å². The lowest BCUT2D eigenvalue weighted by molar-refractivity contribution is 0.122. The summed E-state index contributed by atoms with van der Waals surface area (Å²) in [4.78, 5) is 1.33. The summed E-state index contributed by atoms with van der Waals surface area (Å²) in [6.07, 6.45) is 0. The molecule has 0 aliphatic carbocycles. The molecule has 1 saturated heterocycles. The standard InChI is InChI=1S/C11H14FNO/c1-9-2-3-11(10(12)8-9)13-4-6-14-7-5-13/h2-3,8H,4-7H2,1H3/i6D2,7D2. The van der Waals surface area contributed by atoms with Crippen LogP contribution in [0.15, 0.2) is 18.2 Å². The summed E-state index contributed by atoms with van der Waals surface area (Å²) in [6.45, 7) is -2.93. The van der Waals surface area contributed by atoms with Crippen LogP contribution in [0.1, 0.15) is 11.0 Å². The van der Waals surface area contributed by atoms with Gasteiger partial charge in [0.2, 0.25) is 0 Å². The highest BCUT2D eigenvalue weighted by Gasteiger charge is 2.14. The number of halogens is 1. The first-order valence-electron chi connectivity index (χ1n) is 6.40. The van der Waals surface area contributed by atoms with Crippen molar-refractivity contribution in [2.45, 2.75) is 6.92 Å². The van der Waals surface area contributed by atoms with Crippen LogP contribution < -0.4 is 4.90 Å². The first-order valence-corrected chi connectivity index (χ1v) is 4.40. The quantitative estimate of drug-likeness (QED) is 0.685. The van der Waals surface area contributed by atoms with Gasteiger partial charge in [-0.05, 0) is 24.6 Å². The van der Waals surface area contributed by atoms with Crippen LogP contribution in [-0.2, 0) is 4.74 Å². The lowest BCUT2D eigenvalue weighted by atomic mass is 10.2. The van der Waals surface area contributed by atoms with Gasteiger partial charge < -0.3 is 9.64 Å².